The first kappa shape index (κ1) is 22.5. The van der Waals surface area contributed by atoms with Gasteiger partial charge in [-0.3, -0.25) is 14.4 Å². The predicted molar refractivity (Wildman–Crippen MR) is 128 cm³/mol. The number of ether oxygens (including phenoxy) is 1. The van der Waals surface area contributed by atoms with Gasteiger partial charge in [-0.05, 0) is 36.2 Å². The van der Waals surface area contributed by atoms with E-state index in [1.807, 2.05) is 18.2 Å². The van der Waals surface area contributed by atoms with Crippen LogP contribution in [0, 0.1) is 0 Å². The van der Waals surface area contributed by atoms with E-state index in [0.29, 0.717) is 34.7 Å². The van der Waals surface area contributed by atoms with Crippen LogP contribution in [0.15, 0.2) is 78.9 Å². The summed E-state index contributed by atoms with van der Waals surface area (Å²) in [5.74, 6) is -0.407. The lowest BCUT2D eigenvalue weighted by atomic mass is 9.73. The summed E-state index contributed by atoms with van der Waals surface area (Å²) in [7, 11) is 0. The van der Waals surface area contributed by atoms with E-state index in [-0.39, 0.29) is 18.0 Å². The summed E-state index contributed by atoms with van der Waals surface area (Å²) in [4.78, 5) is 40.2. The minimum atomic E-state index is -1.59. The van der Waals surface area contributed by atoms with Gasteiger partial charge in [0.15, 0.2) is 11.6 Å². The van der Waals surface area contributed by atoms with Gasteiger partial charge in [0.1, 0.15) is 11.2 Å². The number of fused-ring (bicyclic) bond motifs is 1. The number of hydrogen-bond donors (Lipinski definition) is 1. The number of unbranched alkanes of at least 4 members (excludes halogenated alkanes) is 2. The summed E-state index contributed by atoms with van der Waals surface area (Å²) < 4.78 is 5.79. The van der Waals surface area contributed by atoms with Crippen molar-refractivity contribution in [3.8, 4) is 5.75 Å². The fourth-order valence-electron chi connectivity index (χ4n) is 4.31. The second kappa shape index (κ2) is 9.82. The quantitative estimate of drug-likeness (QED) is 0.346. The lowest BCUT2D eigenvalue weighted by Gasteiger charge is -2.26. The standard InChI is InChI=1S/C28H27NO4/c1-2-3-9-18-33-22-16-14-20(15-17-22)28(19-25(30)29-21-10-5-4-6-11-21)26(31)23-12-7-8-13-24(23)27(28)32/h4-8,10-17H,2-3,9,18-19H2,1H3,(H,29,30). The van der Waals surface area contributed by atoms with Crippen LogP contribution in [0.1, 0.15) is 58.9 Å². The second-order valence-electron chi connectivity index (χ2n) is 8.28. The first-order valence-corrected chi connectivity index (χ1v) is 11.3. The van der Waals surface area contributed by atoms with E-state index >= 15 is 0 Å². The molecule has 0 fully saturated rings. The molecule has 0 unspecified atom stereocenters. The highest BCUT2D eigenvalue weighted by Crippen LogP contribution is 2.43. The minimum absolute atomic E-state index is 0.273. The van der Waals surface area contributed by atoms with Crippen molar-refractivity contribution in [1.82, 2.24) is 0 Å². The number of para-hydroxylation sites is 1. The first-order chi connectivity index (χ1) is 16.1. The number of amides is 1. The molecule has 0 spiro atoms. The molecule has 0 saturated heterocycles. The summed E-state index contributed by atoms with van der Waals surface area (Å²) in [6.07, 6.45) is 2.90. The Morgan fingerprint density at radius 3 is 2.03 bits per heavy atom. The fourth-order valence-corrected chi connectivity index (χ4v) is 4.31. The zero-order valence-corrected chi connectivity index (χ0v) is 18.7. The summed E-state index contributed by atoms with van der Waals surface area (Å²) >= 11 is 0. The molecule has 4 rings (SSSR count). The lowest BCUT2D eigenvalue weighted by Crippen LogP contribution is -2.42. The second-order valence-corrected chi connectivity index (χ2v) is 8.28. The van der Waals surface area contributed by atoms with Crippen molar-refractivity contribution >= 4 is 23.2 Å². The van der Waals surface area contributed by atoms with E-state index in [1.54, 1.807) is 60.7 Å². The molecule has 0 heterocycles. The maximum Gasteiger partial charge on any atom is 0.226 e. The Kier molecular flexibility index (Phi) is 6.68. The zero-order valence-electron chi connectivity index (χ0n) is 18.7. The maximum atomic E-state index is 13.6. The van der Waals surface area contributed by atoms with Crippen LogP contribution in [0.4, 0.5) is 5.69 Å². The SMILES string of the molecule is CCCCCOc1ccc(C2(CC(=O)Nc3ccccc3)C(=O)c3ccccc3C2=O)cc1. The Morgan fingerprint density at radius 2 is 1.42 bits per heavy atom. The molecule has 3 aromatic carbocycles. The number of nitrogens with one attached hydrogen (secondary N) is 1. The van der Waals surface area contributed by atoms with Gasteiger partial charge in [0, 0.05) is 16.8 Å². The first-order valence-electron chi connectivity index (χ1n) is 11.3. The van der Waals surface area contributed by atoms with Crippen molar-refractivity contribution in [3.63, 3.8) is 0 Å². The van der Waals surface area contributed by atoms with Gasteiger partial charge in [0.25, 0.3) is 0 Å². The van der Waals surface area contributed by atoms with Gasteiger partial charge in [-0.1, -0.05) is 74.4 Å². The molecule has 1 aliphatic rings. The van der Waals surface area contributed by atoms with E-state index in [0.717, 1.165) is 19.3 Å². The smallest absolute Gasteiger partial charge is 0.226 e. The van der Waals surface area contributed by atoms with Gasteiger partial charge < -0.3 is 10.1 Å². The van der Waals surface area contributed by atoms with E-state index in [9.17, 15) is 14.4 Å². The summed E-state index contributed by atoms with van der Waals surface area (Å²) in [5.41, 5.74) is 0.232. The predicted octanol–water partition coefficient (Wildman–Crippen LogP) is 5.60. The average Bonchev–Trinajstić information content (AvgIpc) is 3.05. The van der Waals surface area contributed by atoms with Gasteiger partial charge in [-0.2, -0.15) is 0 Å². The number of hydrogen-bond acceptors (Lipinski definition) is 4. The Bertz CT molecular complexity index is 1120. The van der Waals surface area contributed by atoms with Crippen LogP contribution in [0.2, 0.25) is 0 Å². The minimum Gasteiger partial charge on any atom is -0.494 e. The number of rotatable bonds is 9. The number of ketones is 2. The fraction of sp³-hybridized carbons (Fsp3) is 0.250. The maximum absolute atomic E-state index is 13.6. The molecule has 0 aromatic heterocycles. The average molecular weight is 442 g/mol. The third kappa shape index (κ3) is 4.44. The molecule has 0 saturated carbocycles. The molecule has 3 aromatic rings. The topological polar surface area (TPSA) is 72.5 Å². The van der Waals surface area contributed by atoms with Gasteiger partial charge >= 0.3 is 0 Å². The van der Waals surface area contributed by atoms with Gasteiger partial charge in [0.2, 0.25) is 5.91 Å². The highest BCUT2D eigenvalue weighted by Gasteiger charge is 2.55. The molecular formula is C28H27NO4. The van der Waals surface area contributed by atoms with E-state index in [1.165, 1.54) is 0 Å². The van der Waals surface area contributed by atoms with Crippen molar-refractivity contribution in [2.24, 2.45) is 0 Å². The largest absolute Gasteiger partial charge is 0.494 e. The molecule has 0 bridgehead atoms. The molecule has 1 aliphatic carbocycles. The highest BCUT2D eigenvalue weighted by atomic mass is 16.5. The van der Waals surface area contributed by atoms with Crippen LogP contribution in [-0.4, -0.2) is 24.1 Å². The summed E-state index contributed by atoms with van der Waals surface area (Å²) in [6.45, 7) is 2.75. The molecule has 0 aliphatic heterocycles. The van der Waals surface area contributed by atoms with E-state index in [4.69, 9.17) is 4.74 Å². The number of carbonyl (C=O) groups excluding carboxylic acids is 3. The monoisotopic (exact) mass is 441 g/mol. The van der Waals surface area contributed by atoms with Crippen molar-refractivity contribution in [1.29, 1.82) is 0 Å². The molecular weight excluding hydrogens is 414 g/mol. The van der Waals surface area contributed by atoms with E-state index in [2.05, 4.69) is 12.2 Å². The molecule has 1 amide bonds. The van der Waals surface area contributed by atoms with Crippen molar-refractivity contribution in [3.05, 3.63) is 95.6 Å². The third-order valence-electron chi connectivity index (χ3n) is 6.04. The lowest BCUT2D eigenvalue weighted by molar-refractivity contribution is -0.116. The van der Waals surface area contributed by atoms with Crippen molar-refractivity contribution in [2.75, 3.05) is 11.9 Å². The molecule has 33 heavy (non-hydrogen) atoms. The van der Waals surface area contributed by atoms with Crippen molar-refractivity contribution < 1.29 is 19.1 Å². The summed E-state index contributed by atoms with van der Waals surface area (Å²) in [6, 6.07) is 22.8. The number of carbonyl (C=O) groups is 3. The van der Waals surface area contributed by atoms with Crippen molar-refractivity contribution in [2.45, 2.75) is 38.0 Å². The number of anilines is 1. The Labute approximate surface area is 193 Å². The van der Waals surface area contributed by atoms with Crippen LogP contribution >= 0.6 is 0 Å². The molecule has 0 radical (unpaired) electrons. The van der Waals surface area contributed by atoms with Crippen LogP contribution in [0.5, 0.6) is 5.75 Å². The normalized spacial score (nSPS) is 14.1. The Morgan fingerprint density at radius 1 is 0.818 bits per heavy atom. The Hall–Kier alpha value is -3.73. The van der Waals surface area contributed by atoms with E-state index < -0.39 is 11.3 Å². The number of Topliss-reactive ketones (excluding diaryl/α,β-unsaturated/α-hetero) is 2. The molecule has 5 heteroatoms. The molecule has 0 atom stereocenters. The number of benzene rings is 3. The van der Waals surface area contributed by atoms with Gasteiger partial charge in [-0.25, -0.2) is 0 Å². The van der Waals surface area contributed by atoms with Crippen LogP contribution < -0.4 is 10.1 Å². The molecule has 1 N–H and O–H groups in total. The zero-order chi connectivity index (χ0) is 23.3. The molecule has 168 valence electrons. The van der Waals surface area contributed by atoms with Gasteiger partial charge in [0.05, 0.1) is 13.0 Å². The summed E-state index contributed by atoms with van der Waals surface area (Å²) in [5, 5.41) is 2.81. The third-order valence-corrected chi connectivity index (χ3v) is 6.04. The molecule has 5 nitrogen and oxygen atoms in total. The van der Waals surface area contributed by atoms with Crippen LogP contribution in [0.25, 0.3) is 0 Å². The van der Waals surface area contributed by atoms with Gasteiger partial charge in [-0.15, -0.1) is 0 Å². The van der Waals surface area contributed by atoms with Crippen LogP contribution in [-0.2, 0) is 10.2 Å². The highest BCUT2D eigenvalue weighted by molar-refractivity contribution is 6.34. The van der Waals surface area contributed by atoms with Crippen LogP contribution in [0.3, 0.4) is 0 Å². The Balaban J connectivity index is 1.65.